The van der Waals surface area contributed by atoms with Crippen LogP contribution in [0, 0.1) is 5.92 Å². The van der Waals surface area contributed by atoms with Crippen molar-refractivity contribution in [2.45, 2.75) is 37.8 Å². The van der Waals surface area contributed by atoms with Crippen LogP contribution in [0.3, 0.4) is 0 Å². The standard InChI is InChI=1S/C23H28N2O2/c1-25(21-14-11-16-5-3-4-6-20(16)21)15-22(26)24-23(17-7-8-17)18-9-12-19(27-2)13-10-18/h3-6,9-10,12-13,17,21,23H,7-8,11,14-15H2,1-2H3,(H,24,26). The minimum Gasteiger partial charge on any atom is -0.497 e. The van der Waals surface area contributed by atoms with Crippen molar-refractivity contribution in [2.75, 3.05) is 20.7 Å². The summed E-state index contributed by atoms with van der Waals surface area (Å²) in [5.41, 5.74) is 3.96. The topological polar surface area (TPSA) is 41.6 Å². The van der Waals surface area contributed by atoms with Crippen molar-refractivity contribution in [1.29, 1.82) is 0 Å². The highest BCUT2D eigenvalue weighted by atomic mass is 16.5. The van der Waals surface area contributed by atoms with Crippen LogP contribution in [0.15, 0.2) is 48.5 Å². The molecule has 2 atom stereocenters. The number of aryl methyl sites for hydroxylation is 1. The van der Waals surface area contributed by atoms with Crippen molar-refractivity contribution in [1.82, 2.24) is 10.2 Å². The fourth-order valence-corrected chi connectivity index (χ4v) is 4.26. The Balaban J connectivity index is 1.40. The maximum Gasteiger partial charge on any atom is 0.234 e. The smallest absolute Gasteiger partial charge is 0.234 e. The molecule has 2 aliphatic rings. The molecule has 27 heavy (non-hydrogen) atoms. The predicted octanol–water partition coefficient (Wildman–Crippen LogP) is 3.88. The lowest BCUT2D eigenvalue weighted by molar-refractivity contribution is -0.123. The summed E-state index contributed by atoms with van der Waals surface area (Å²) in [7, 11) is 3.73. The van der Waals surface area contributed by atoms with E-state index in [9.17, 15) is 4.79 Å². The minimum absolute atomic E-state index is 0.104. The quantitative estimate of drug-likeness (QED) is 0.811. The average molecular weight is 364 g/mol. The Hall–Kier alpha value is -2.33. The third-order valence-electron chi connectivity index (χ3n) is 5.91. The van der Waals surface area contributed by atoms with E-state index in [1.54, 1.807) is 7.11 Å². The van der Waals surface area contributed by atoms with Gasteiger partial charge in [-0.05, 0) is 67.5 Å². The van der Waals surface area contributed by atoms with Crippen LogP contribution in [0.1, 0.15) is 48.0 Å². The molecular formula is C23H28N2O2. The van der Waals surface area contributed by atoms with Gasteiger partial charge >= 0.3 is 0 Å². The molecule has 0 radical (unpaired) electrons. The van der Waals surface area contributed by atoms with Crippen LogP contribution in [-0.4, -0.2) is 31.5 Å². The first kappa shape index (κ1) is 18.1. The van der Waals surface area contributed by atoms with Gasteiger partial charge in [-0.25, -0.2) is 0 Å². The number of carbonyl (C=O) groups is 1. The SMILES string of the molecule is COc1ccc(C(NC(=O)CN(C)C2CCc3ccccc32)C2CC2)cc1. The van der Waals surface area contributed by atoms with E-state index in [-0.39, 0.29) is 11.9 Å². The lowest BCUT2D eigenvalue weighted by atomic mass is 10.0. The van der Waals surface area contributed by atoms with Gasteiger partial charge in [0.2, 0.25) is 5.91 Å². The first-order chi connectivity index (χ1) is 13.2. The van der Waals surface area contributed by atoms with Crippen LogP contribution >= 0.6 is 0 Å². The highest BCUT2D eigenvalue weighted by Gasteiger charge is 2.34. The van der Waals surface area contributed by atoms with E-state index < -0.39 is 0 Å². The van der Waals surface area contributed by atoms with Gasteiger partial charge in [-0.3, -0.25) is 9.69 Å². The summed E-state index contributed by atoms with van der Waals surface area (Å²) in [6.07, 6.45) is 4.56. The number of methoxy groups -OCH3 is 1. The van der Waals surface area contributed by atoms with Crippen molar-refractivity contribution in [3.8, 4) is 5.75 Å². The normalized spacial score (nSPS) is 19.6. The second-order valence-electron chi connectivity index (χ2n) is 7.82. The number of likely N-dealkylation sites (N-methyl/N-ethyl adjacent to an activating group) is 1. The molecular weight excluding hydrogens is 336 g/mol. The Bertz CT molecular complexity index is 798. The third-order valence-corrected chi connectivity index (χ3v) is 5.91. The Labute approximate surface area is 161 Å². The Kier molecular flexibility index (Phi) is 5.17. The van der Waals surface area contributed by atoms with Gasteiger partial charge in [-0.2, -0.15) is 0 Å². The number of carbonyl (C=O) groups excluding carboxylic acids is 1. The molecule has 4 heteroatoms. The predicted molar refractivity (Wildman–Crippen MR) is 107 cm³/mol. The molecule has 1 N–H and O–H groups in total. The summed E-state index contributed by atoms with van der Waals surface area (Å²) in [5, 5.41) is 3.29. The molecule has 2 aliphatic carbocycles. The highest BCUT2D eigenvalue weighted by Crippen LogP contribution is 2.41. The summed E-state index contributed by atoms with van der Waals surface area (Å²) in [5.74, 6) is 1.51. The van der Waals surface area contributed by atoms with Gasteiger partial charge in [0.05, 0.1) is 19.7 Å². The Morgan fingerprint density at radius 2 is 1.89 bits per heavy atom. The third kappa shape index (κ3) is 4.01. The Morgan fingerprint density at radius 1 is 1.15 bits per heavy atom. The second kappa shape index (κ2) is 7.73. The molecule has 0 heterocycles. The molecule has 1 saturated carbocycles. The summed E-state index contributed by atoms with van der Waals surface area (Å²) in [6, 6.07) is 17.1. The average Bonchev–Trinajstić information content (AvgIpc) is 3.44. The van der Waals surface area contributed by atoms with Gasteiger partial charge in [-0.1, -0.05) is 36.4 Å². The number of benzene rings is 2. The second-order valence-corrected chi connectivity index (χ2v) is 7.82. The lowest BCUT2D eigenvalue weighted by Gasteiger charge is -2.26. The van der Waals surface area contributed by atoms with Crippen molar-refractivity contribution in [2.24, 2.45) is 5.92 Å². The fourth-order valence-electron chi connectivity index (χ4n) is 4.26. The molecule has 2 unspecified atom stereocenters. The summed E-state index contributed by atoms with van der Waals surface area (Å²) in [4.78, 5) is 15.0. The van der Waals surface area contributed by atoms with Crippen LogP contribution in [0.2, 0.25) is 0 Å². The molecule has 4 nitrogen and oxygen atoms in total. The molecule has 0 aromatic heterocycles. The number of fused-ring (bicyclic) bond motifs is 1. The first-order valence-corrected chi connectivity index (χ1v) is 9.87. The number of rotatable bonds is 7. The maximum absolute atomic E-state index is 12.8. The zero-order valence-electron chi connectivity index (χ0n) is 16.2. The summed E-state index contributed by atoms with van der Waals surface area (Å²) < 4.78 is 5.25. The lowest BCUT2D eigenvalue weighted by Crippen LogP contribution is -2.39. The van der Waals surface area contributed by atoms with Gasteiger partial charge in [0.1, 0.15) is 5.75 Å². The van der Waals surface area contributed by atoms with Gasteiger partial charge in [-0.15, -0.1) is 0 Å². The number of nitrogens with zero attached hydrogens (tertiary/aromatic N) is 1. The van der Waals surface area contributed by atoms with E-state index >= 15 is 0 Å². The van der Waals surface area contributed by atoms with Crippen molar-refractivity contribution in [3.05, 3.63) is 65.2 Å². The van der Waals surface area contributed by atoms with Crippen LogP contribution in [0.5, 0.6) is 5.75 Å². The zero-order valence-corrected chi connectivity index (χ0v) is 16.2. The molecule has 0 aliphatic heterocycles. The minimum atomic E-state index is 0.104. The van der Waals surface area contributed by atoms with Crippen molar-refractivity contribution < 1.29 is 9.53 Å². The van der Waals surface area contributed by atoms with Crippen molar-refractivity contribution in [3.63, 3.8) is 0 Å². The van der Waals surface area contributed by atoms with Crippen LogP contribution < -0.4 is 10.1 Å². The number of nitrogens with one attached hydrogen (secondary N) is 1. The van der Waals surface area contributed by atoms with E-state index in [0.29, 0.717) is 18.5 Å². The summed E-state index contributed by atoms with van der Waals surface area (Å²) in [6.45, 7) is 0.429. The van der Waals surface area contributed by atoms with E-state index in [1.807, 2.05) is 12.1 Å². The maximum atomic E-state index is 12.8. The molecule has 4 rings (SSSR count). The highest BCUT2D eigenvalue weighted by molar-refractivity contribution is 5.78. The van der Waals surface area contributed by atoms with Gasteiger partial charge in [0.15, 0.2) is 0 Å². The molecule has 1 amide bonds. The molecule has 0 saturated heterocycles. The fraction of sp³-hybridized carbons (Fsp3) is 0.435. The van der Waals surface area contributed by atoms with Gasteiger partial charge in [0, 0.05) is 6.04 Å². The number of ether oxygens (including phenoxy) is 1. The van der Waals surface area contributed by atoms with E-state index in [2.05, 4.69) is 53.7 Å². The molecule has 1 fully saturated rings. The van der Waals surface area contributed by atoms with E-state index in [0.717, 1.165) is 18.6 Å². The van der Waals surface area contributed by atoms with E-state index in [4.69, 9.17) is 4.74 Å². The van der Waals surface area contributed by atoms with Crippen molar-refractivity contribution >= 4 is 5.91 Å². The van der Waals surface area contributed by atoms with Gasteiger partial charge in [0.25, 0.3) is 0 Å². The van der Waals surface area contributed by atoms with Crippen LogP contribution in [0.25, 0.3) is 0 Å². The molecule has 142 valence electrons. The zero-order chi connectivity index (χ0) is 18.8. The molecule has 0 spiro atoms. The molecule has 2 aromatic rings. The first-order valence-electron chi connectivity index (χ1n) is 9.87. The monoisotopic (exact) mass is 364 g/mol. The molecule has 0 bridgehead atoms. The van der Waals surface area contributed by atoms with Crippen LogP contribution in [0.4, 0.5) is 0 Å². The largest absolute Gasteiger partial charge is 0.497 e. The van der Waals surface area contributed by atoms with Gasteiger partial charge < -0.3 is 10.1 Å². The molecule has 2 aromatic carbocycles. The van der Waals surface area contributed by atoms with E-state index in [1.165, 1.54) is 29.5 Å². The van der Waals surface area contributed by atoms with Crippen LogP contribution in [-0.2, 0) is 11.2 Å². The Morgan fingerprint density at radius 3 is 2.59 bits per heavy atom. The number of hydrogen-bond donors (Lipinski definition) is 1. The summed E-state index contributed by atoms with van der Waals surface area (Å²) >= 11 is 0. The number of amides is 1. The number of hydrogen-bond acceptors (Lipinski definition) is 3.